The highest BCUT2D eigenvalue weighted by Gasteiger charge is 2.10. The van der Waals surface area contributed by atoms with Crippen LogP contribution in [0.1, 0.15) is 32.2 Å². The average Bonchev–Trinajstić information content (AvgIpc) is 3.36. The van der Waals surface area contributed by atoms with E-state index in [0.29, 0.717) is 17.9 Å². The maximum absolute atomic E-state index is 12.4. The second-order valence-corrected chi connectivity index (χ2v) is 6.58. The molecule has 0 bridgehead atoms. The zero-order valence-electron chi connectivity index (χ0n) is 15.3. The van der Waals surface area contributed by atoms with E-state index < -0.39 is 0 Å². The van der Waals surface area contributed by atoms with Gasteiger partial charge in [-0.15, -0.1) is 0 Å². The molecular formula is C22H19N3O3. The summed E-state index contributed by atoms with van der Waals surface area (Å²) in [6.45, 7) is 2.40. The minimum atomic E-state index is -0.305. The molecule has 0 aliphatic heterocycles. The van der Waals surface area contributed by atoms with Crippen LogP contribution in [0.5, 0.6) is 0 Å². The average molecular weight is 373 g/mol. The van der Waals surface area contributed by atoms with E-state index in [4.69, 9.17) is 4.42 Å². The minimum absolute atomic E-state index is 0.163. The van der Waals surface area contributed by atoms with Crippen molar-refractivity contribution in [3.05, 3.63) is 89.5 Å². The summed E-state index contributed by atoms with van der Waals surface area (Å²) < 4.78 is 5.06. The number of aryl methyl sites for hydroxylation is 1. The number of H-pyrrole nitrogens is 1. The van der Waals surface area contributed by atoms with Crippen molar-refractivity contribution in [3.8, 4) is 0 Å². The Balaban J connectivity index is 1.36. The Labute approximate surface area is 161 Å². The Kier molecular flexibility index (Phi) is 4.68. The van der Waals surface area contributed by atoms with Crippen molar-refractivity contribution in [1.82, 2.24) is 10.3 Å². The van der Waals surface area contributed by atoms with Crippen LogP contribution in [0.2, 0.25) is 0 Å². The highest BCUT2D eigenvalue weighted by Crippen LogP contribution is 2.17. The third-order valence-electron chi connectivity index (χ3n) is 4.43. The van der Waals surface area contributed by atoms with E-state index in [9.17, 15) is 9.59 Å². The van der Waals surface area contributed by atoms with Crippen LogP contribution in [0, 0.1) is 6.92 Å². The second kappa shape index (κ2) is 7.44. The number of carbonyl (C=O) groups excluding carboxylic acids is 2. The molecule has 6 heteroatoms. The fraction of sp³-hybridized carbons (Fsp3) is 0.0909. The van der Waals surface area contributed by atoms with Crippen LogP contribution in [0.15, 0.2) is 71.3 Å². The van der Waals surface area contributed by atoms with Crippen molar-refractivity contribution in [3.63, 3.8) is 0 Å². The van der Waals surface area contributed by atoms with Gasteiger partial charge in [-0.05, 0) is 54.4 Å². The Morgan fingerprint density at radius 1 is 1.00 bits per heavy atom. The maximum atomic E-state index is 12.4. The van der Waals surface area contributed by atoms with Crippen LogP contribution in [-0.2, 0) is 6.54 Å². The normalized spacial score (nSPS) is 10.8. The monoisotopic (exact) mass is 373 g/mol. The minimum Gasteiger partial charge on any atom is -0.459 e. The van der Waals surface area contributed by atoms with Crippen molar-refractivity contribution in [2.45, 2.75) is 13.5 Å². The molecule has 0 fully saturated rings. The number of furan rings is 1. The third-order valence-corrected chi connectivity index (χ3v) is 4.43. The molecule has 140 valence electrons. The number of aromatic nitrogens is 1. The molecular weight excluding hydrogens is 354 g/mol. The molecule has 6 nitrogen and oxygen atoms in total. The Bertz CT molecular complexity index is 1130. The Morgan fingerprint density at radius 3 is 2.57 bits per heavy atom. The van der Waals surface area contributed by atoms with E-state index in [1.54, 1.807) is 24.3 Å². The molecule has 4 rings (SSSR count). The standard InChI is InChI=1S/C22H19N3O3/c1-14-4-7-16-12-19(25-18(16)11-14)21(26)23-13-15-5-8-17(9-6-15)24-22(27)20-3-2-10-28-20/h2-12,25H,13H2,1H3,(H,23,26)(H,24,27). The predicted molar refractivity (Wildman–Crippen MR) is 107 cm³/mol. The number of rotatable bonds is 5. The highest BCUT2D eigenvalue weighted by molar-refractivity contribution is 6.02. The number of carbonyl (C=O) groups is 2. The molecule has 2 amide bonds. The molecule has 0 aliphatic rings. The van der Waals surface area contributed by atoms with Crippen molar-refractivity contribution >= 4 is 28.4 Å². The summed E-state index contributed by atoms with van der Waals surface area (Å²) in [4.78, 5) is 27.5. The van der Waals surface area contributed by atoms with Crippen LogP contribution in [0.4, 0.5) is 5.69 Å². The van der Waals surface area contributed by atoms with Crippen LogP contribution < -0.4 is 10.6 Å². The molecule has 3 N–H and O–H groups in total. The number of fused-ring (bicyclic) bond motifs is 1. The summed E-state index contributed by atoms with van der Waals surface area (Å²) >= 11 is 0. The van der Waals surface area contributed by atoms with Gasteiger partial charge in [0.2, 0.25) is 0 Å². The third kappa shape index (κ3) is 3.81. The van der Waals surface area contributed by atoms with Gasteiger partial charge in [-0.25, -0.2) is 0 Å². The summed E-state index contributed by atoms with van der Waals surface area (Å²) in [5.41, 5.74) is 4.20. The van der Waals surface area contributed by atoms with Gasteiger partial charge in [0.05, 0.1) is 6.26 Å². The molecule has 0 aliphatic carbocycles. The van der Waals surface area contributed by atoms with Gasteiger partial charge in [0.25, 0.3) is 11.8 Å². The smallest absolute Gasteiger partial charge is 0.291 e. The van der Waals surface area contributed by atoms with Crippen molar-refractivity contribution < 1.29 is 14.0 Å². The topological polar surface area (TPSA) is 87.1 Å². The molecule has 0 saturated heterocycles. The van der Waals surface area contributed by atoms with Gasteiger partial charge < -0.3 is 20.0 Å². The summed E-state index contributed by atoms with van der Waals surface area (Å²) in [6, 6.07) is 18.4. The Morgan fingerprint density at radius 2 is 1.82 bits per heavy atom. The van der Waals surface area contributed by atoms with Gasteiger partial charge in [0, 0.05) is 23.1 Å². The van der Waals surface area contributed by atoms with E-state index in [0.717, 1.165) is 22.0 Å². The largest absolute Gasteiger partial charge is 0.459 e. The molecule has 2 heterocycles. The number of anilines is 1. The van der Waals surface area contributed by atoms with Crippen LogP contribution in [0.3, 0.4) is 0 Å². The lowest BCUT2D eigenvalue weighted by molar-refractivity contribution is 0.0945. The molecule has 2 aromatic carbocycles. The summed E-state index contributed by atoms with van der Waals surface area (Å²) in [6.07, 6.45) is 1.45. The lowest BCUT2D eigenvalue weighted by atomic mass is 10.2. The van der Waals surface area contributed by atoms with E-state index >= 15 is 0 Å². The Hall–Kier alpha value is -3.80. The highest BCUT2D eigenvalue weighted by atomic mass is 16.3. The maximum Gasteiger partial charge on any atom is 0.291 e. The number of hydrogen-bond donors (Lipinski definition) is 3. The predicted octanol–water partition coefficient (Wildman–Crippen LogP) is 4.25. The first-order chi connectivity index (χ1) is 13.6. The second-order valence-electron chi connectivity index (χ2n) is 6.58. The van der Waals surface area contributed by atoms with Gasteiger partial charge in [-0.1, -0.05) is 24.3 Å². The first kappa shape index (κ1) is 17.6. The molecule has 0 atom stereocenters. The van der Waals surface area contributed by atoms with Crippen molar-refractivity contribution in [2.24, 2.45) is 0 Å². The van der Waals surface area contributed by atoms with Gasteiger partial charge >= 0.3 is 0 Å². The zero-order chi connectivity index (χ0) is 19.5. The van der Waals surface area contributed by atoms with Gasteiger partial charge in [0.15, 0.2) is 5.76 Å². The fourth-order valence-corrected chi connectivity index (χ4v) is 2.95. The number of nitrogens with one attached hydrogen (secondary N) is 3. The molecule has 0 saturated carbocycles. The summed E-state index contributed by atoms with van der Waals surface area (Å²) in [5.74, 6) is -0.214. The quantitative estimate of drug-likeness (QED) is 0.489. The lowest BCUT2D eigenvalue weighted by Gasteiger charge is -2.06. The summed E-state index contributed by atoms with van der Waals surface area (Å²) in [5, 5.41) is 6.66. The van der Waals surface area contributed by atoms with E-state index in [-0.39, 0.29) is 17.6 Å². The van der Waals surface area contributed by atoms with Gasteiger partial charge in [-0.3, -0.25) is 9.59 Å². The number of hydrogen-bond acceptors (Lipinski definition) is 3. The lowest BCUT2D eigenvalue weighted by Crippen LogP contribution is -2.23. The molecule has 0 spiro atoms. The number of aromatic amines is 1. The van der Waals surface area contributed by atoms with E-state index in [1.165, 1.54) is 6.26 Å². The van der Waals surface area contributed by atoms with Crippen molar-refractivity contribution in [2.75, 3.05) is 5.32 Å². The summed E-state index contributed by atoms with van der Waals surface area (Å²) in [7, 11) is 0. The number of amides is 2. The first-order valence-corrected chi connectivity index (χ1v) is 8.90. The van der Waals surface area contributed by atoms with E-state index in [1.807, 2.05) is 43.3 Å². The van der Waals surface area contributed by atoms with Gasteiger partial charge in [0.1, 0.15) is 5.69 Å². The fourth-order valence-electron chi connectivity index (χ4n) is 2.95. The molecule has 28 heavy (non-hydrogen) atoms. The molecule has 2 aromatic heterocycles. The first-order valence-electron chi connectivity index (χ1n) is 8.90. The van der Waals surface area contributed by atoms with Crippen LogP contribution >= 0.6 is 0 Å². The SMILES string of the molecule is Cc1ccc2cc(C(=O)NCc3ccc(NC(=O)c4ccco4)cc3)[nH]c2c1. The molecule has 0 unspecified atom stereocenters. The van der Waals surface area contributed by atoms with Gasteiger partial charge in [-0.2, -0.15) is 0 Å². The molecule has 0 radical (unpaired) electrons. The van der Waals surface area contributed by atoms with E-state index in [2.05, 4.69) is 15.6 Å². The van der Waals surface area contributed by atoms with Crippen LogP contribution in [-0.4, -0.2) is 16.8 Å². The van der Waals surface area contributed by atoms with Crippen molar-refractivity contribution in [1.29, 1.82) is 0 Å². The molecule has 4 aromatic rings. The van der Waals surface area contributed by atoms with Crippen LogP contribution in [0.25, 0.3) is 10.9 Å². The zero-order valence-corrected chi connectivity index (χ0v) is 15.3. The number of benzene rings is 2.